The molecule has 0 aliphatic carbocycles. The van der Waals surface area contributed by atoms with E-state index in [1.807, 2.05) is 13.0 Å². The van der Waals surface area contributed by atoms with Crippen molar-refractivity contribution in [1.82, 2.24) is 5.32 Å². The molecular weight excluding hydrogens is 520 g/mol. The molecule has 1 heterocycles. The number of anilines is 1. The molecule has 1 aliphatic heterocycles. The highest BCUT2D eigenvalue weighted by Gasteiger charge is 2.36. The van der Waals surface area contributed by atoms with Crippen LogP contribution in [0.5, 0.6) is 17.2 Å². The molecular formula is C30H29ClN2O6. The van der Waals surface area contributed by atoms with Crippen LogP contribution in [0.3, 0.4) is 0 Å². The van der Waals surface area contributed by atoms with Crippen LogP contribution in [0.25, 0.3) is 6.08 Å². The van der Waals surface area contributed by atoms with Gasteiger partial charge in [0.15, 0.2) is 11.5 Å². The molecule has 0 bridgehead atoms. The van der Waals surface area contributed by atoms with Crippen LogP contribution in [-0.2, 0) is 9.59 Å². The molecule has 3 aromatic carbocycles. The van der Waals surface area contributed by atoms with Gasteiger partial charge in [-0.2, -0.15) is 0 Å². The number of urea groups is 1. The largest absolute Gasteiger partial charge is 0.493 e. The maximum absolute atomic E-state index is 13.1. The van der Waals surface area contributed by atoms with Gasteiger partial charge >= 0.3 is 6.03 Å². The van der Waals surface area contributed by atoms with Crippen molar-refractivity contribution in [3.8, 4) is 17.2 Å². The number of halogens is 1. The van der Waals surface area contributed by atoms with Crippen LogP contribution < -0.4 is 24.4 Å². The first-order valence-corrected chi connectivity index (χ1v) is 12.8. The van der Waals surface area contributed by atoms with Crippen LogP contribution >= 0.6 is 11.6 Å². The molecule has 0 spiro atoms. The molecule has 0 unspecified atom stereocenters. The number of rotatable bonds is 9. The lowest BCUT2D eigenvalue weighted by Gasteiger charge is -2.26. The molecule has 8 nitrogen and oxygen atoms in total. The zero-order valence-electron chi connectivity index (χ0n) is 22.1. The molecule has 4 amide bonds. The number of ether oxygens (including phenoxy) is 3. The second kappa shape index (κ2) is 12.0. The van der Waals surface area contributed by atoms with Crippen LogP contribution in [0.4, 0.5) is 10.5 Å². The highest BCUT2D eigenvalue weighted by Crippen LogP contribution is 2.31. The lowest BCUT2D eigenvalue weighted by molar-refractivity contribution is -0.122. The normalized spacial score (nSPS) is 14.6. The molecule has 0 aromatic heterocycles. The third kappa shape index (κ3) is 6.41. The molecule has 0 saturated carbocycles. The summed E-state index contributed by atoms with van der Waals surface area (Å²) >= 11 is 5.92. The number of methoxy groups -OCH3 is 1. The number of aryl methyl sites for hydroxylation is 1. The first-order valence-electron chi connectivity index (χ1n) is 12.4. The van der Waals surface area contributed by atoms with Gasteiger partial charge in [-0.05, 0) is 78.1 Å². The first-order chi connectivity index (χ1) is 18.7. The molecule has 1 aliphatic rings. The Bertz CT molecular complexity index is 1430. The van der Waals surface area contributed by atoms with Crippen molar-refractivity contribution in [2.45, 2.75) is 26.7 Å². The summed E-state index contributed by atoms with van der Waals surface area (Å²) in [5.74, 6) is 0.524. The SMILES string of the molecule is COc1cc(C=C2C(=O)NC(=O)N(c3ccc(Cl)cc3)C2=O)ccc1OCCOc1cc(C)ccc1C(C)C. The van der Waals surface area contributed by atoms with Crippen LogP contribution in [0.15, 0.2) is 66.2 Å². The molecule has 0 radical (unpaired) electrons. The van der Waals surface area contributed by atoms with Crippen LogP contribution in [0.2, 0.25) is 5.02 Å². The van der Waals surface area contributed by atoms with E-state index in [9.17, 15) is 14.4 Å². The number of imide groups is 2. The molecule has 3 aromatic rings. The number of nitrogens with one attached hydrogen (secondary N) is 1. The van der Waals surface area contributed by atoms with Gasteiger partial charge in [0.25, 0.3) is 11.8 Å². The topological polar surface area (TPSA) is 94.2 Å². The molecule has 0 atom stereocenters. The van der Waals surface area contributed by atoms with Gasteiger partial charge in [-0.1, -0.05) is 43.6 Å². The quantitative estimate of drug-likeness (QED) is 0.203. The summed E-state index contributed by atoms with van der Waals surface area (Å²) in [6.07, 6.45) is 1.40. The fourth-order valence-corrected chi connectivity index (χ4v) is 4.21. The number of nitrogens with zero attached hydrogens (tertiary/aromatic N) is 1. The average Bonchev–Trinajstić information content (AvgIpc) is 2.90. The standard InChI is InChI=1S/C30H29ClN2O6/c1-18(2)23-11-5-19(3)15-26(23)39-14-13-38-25-12-6-20(17-27(25)37-4)16-24-28(34)32-30(36)33(29(24)35)22-9-7-21(31)8-10-22/h5-12,15-18H,13-14H2,1-4H3,(H,32,34,36). The average molecular weight is 549 g/mol. The Hall–Kier alpha value is -4.30. The summed E-state index contributed by atoms with van der Waals surface area (Å²) in [5.41, 5.74) is 2.85. The van der Waals surface area contributed by atoms with Gasteiger partial charge in [0.2, 0.25) is 0 Å². The third-order valence-corrected chi connectivity index (χ3v) is 6.33. The second-order valence-electron chi connectivity index (χ2n) is 9.24. The van der Waals surface area contributed by atoms with Gasteiger partial charge in [-0.3, -0.25) is 14.9 Å². The van der Waals surface area contributed by atoms with Crippen molar-refractivity contribution in [1.29, 1.82) is 0 Å². The van der Waals surface area contributed by atoms with Crippen LogP contribution in [0, 0.1) is 6.92 Å². The monoisotopic (exact) mass is 548 g/mol. The smallest absolute Gasteiger partial charge is 0.335 e. The molecule has 9 heteroatoms. The molecule has 1 saturated heterocycles. The number of carbonyl (C=O) groups is 3. The number of barbiturate groups is 1. The number of carbonyl (C=O) groups excluding carboxylic acids is 3. The number of benzene rings is 3. The lowest BCUT2D eigenvalue weighted by atomic mass is 10.0. The van der Waals surface area contributed by atoms with Crippen molar-refractivity contribution in [3.63, 3.8) is 0 Å². The number of hydrogen-bond donors (Lipinski definition) is 1. The van der Waals surface area contributed by atoms with E-state index in [4.69, 9.17) is 25.8 Å². The van der Waals surface area contributed by atoms with Crippen LogP contribution in [-0.4, -0.2) is 38.2 Å². The van der Waals surface area contributed by atoms with Gasteiger partial charge in [-0.25, -0.2) is 9.69 Å². The predicted octanol–water partition coefficient (Wildman–Crippen LogP) is 5.90. The fourth-order valence-electron chi connectivity index (χ4n) is 4.09. The predicted molar refractivity (Wildman–Crippen MR) is 150 cm³/mol. The summed E-state index contributed by atoms with van der Waals surface area (Å²) < 4.78 is 17.3. The Labute approximate surface area is 232 Å². The third-order valence-electron chi connectivity index (χ3n) is 6.07. The Morgan fingerprint density at radius 3 is 2.26 bits per heavy atom. The molecule has 39 heavy (non-hydrogen) atoms. The van der Waals surface area contributed by atoms with Gasteiger partial charge < -0.3 is 14.2 Å². The van der Waals surface area contributed by atoms with E-state index in [-0.39, 0.29) is 17.9 Å². The Morgan fingerprint density at radius 1 is 0.897 bits per heavy atom. The maximum Gasteiger partial charge on any atom is 0.335 e. The van der Waals surface area contributed by atoms with Crippen molar-refractivity contribution in [2.24, 2.45) is 0 Å². The molecule has 1 fully saturated rings. The second-order valence-corrected chi connectivity index (χ2v) is 9.67. The summed E-state index contributed by atoms with van der Waals surface area (Å²) in [6, 6.07) is 16.5. The van der Waals surface area contributed by atoms with E-state index < -0.39 is 17.8 Å². The zero-order valence-corrected chi connectivity index (χ0v) is 22.9. The van der Waals surface area contributed by atoms with E-state index in [1.54, 1.807) is 30.3 Å². The van der Waals surface area contributed by atoms with Crippen molar-refractivity contribution >= 4 is 41.2 Å². The zero-order chi connectivity index (χ0) is 28.1. The summed E-state index contributed by atoms with van der Waals surface area (Å²) in [7, 11) is 1.50. The first kappa shape index (κ1) is 27.7. The Balaban J connectivity index is 1.47. The van der Waals surface area contributed by atoms with Crippen molar-refractivity contribution in [3.05, 3.63) is 87.9 Å². The Kier molecular flexibility index (Phi) is 8.56. The molecule has 202 valence electrons. The minimum Gasteiger partial charge on any atom is -0.493 e. The van der Waals surface area contributed by atoms with Crippen LogP contribution in [0.1, 0.15) is 36.5 Å². The van der Waals surface area contributed by atoms with Gasteiger partial charge in [-0.15, -0.1) is 0 Å². The van der Waals surface area contributed by atoms with Gasteiger partial charge in [0.1, 0.15) is 24.5 Å². The number of amides is 4. The van der Waals surface area contributed by atoms with Crippen molar-refractivity contribution in [2.75, 3.05) is 25.2 Å². The highest BCUT2D eigenvalue weighted by molar-refractivity contribution is 6.39. The van der Waals surface area contributed by atoms with E-state index in [1.165, 1.54) is 25.3 Å². The van der Waals surface area contributed by atoms with E-state index in [0.717, 1.165) is 21.8 Å². The van der Waals surface area contributed by atoms with E-state index >= 15 is 0 Å². The summed E-state index contributed by atoms with van der Waals surface area (Å²) in [4.78, 5) is 38.9. The highest BCUT2D eigenvalue weighted by atomic mass is 35.5. The Morgan fingerprint density at radius 2 is 1.59 bits per heavy atom. The number of hydrogen-bond acceptors (Lipinski definition) is 6. The lowest BCUT2D eigenvalue weighted by Crippen LogP contribution is -2.54. The minimum atomic E-state index is -0.834. The van der Waals surface area contributed by atoms with Gasteiger partial charge in [0, 0.05) is 5.02 Å². The van der Waals surface area contributed by atoms with E-state index in [0.29, 0.717) is 34.6 Å². The molecule has 4 rings (SSSR count). The summed E-state index contributed by atoms with van der Waals surface area (Å²) in [6.45, 7) is 6.87. The summed E-state index contributed by atoms with van der Waals surface area (Å²) in [5, 5.41) is 2.65. The minimum absolute atomic E-state index is 0.201. The van der Waals surface area contributed by atoms with Gasteiger partial charge in [0.05, 0.1) is 12.8 Å². The van der Waals surface area contributed by atoms with E-state index in [2.05, 4.69) is 31.3 Å². The van der Waals surface area contributed by atoms with Crippen molar-refractivity contribution < 1.29 is 28.6 Å². The molecule has 1 N–H and O–H groups in total. The maximum atomic E-state index is 13.1. The fraction of sp³-hybridized carbons (Fsp3) is 0.233.